The summed E-state index contributed by atoms with van der Waals surface area (Å²) in [7, 11) is 1.82. The summed E-state index contributed by atoms with van der Waals surface area (Å²) in [6, 6.07) is 5.28. The molecule has 2 heterocycles. The topological polar surface area (TPSA) is 87.3 Å². The number of likely N-dealkylation sites (N-methyl/N-ethyl adjacent to an activating group) is 1. The van der Waals surface area contributed by atoms with Gasteiger partial charge in [-0.1, -0.05) is 33.8 Å². The maximum absolute atomic E-state index is 13.2. The van der Waals surface area contributed by atoms with Crippen LogP contribution in [0.5, 0.6) is 11.5 Å². The zero-order valence-electron chi connectivity index (χ0n) is 27.6. The van der Waals surface area contributed by atoms with Gasteiger partial charge in [0, 0.05) is 6.07 Å². The number of cyclic esters (lactones) is 1. The highest BCUT2D eigenvalue weighted by Crippen LogP contribution is 2.47. The zero-order chi connectivity index (χ0) is 32.8. The molecule has 44 heavy (non-hydrogen) atoms. The lowest BCUT2D eigenvalue weighted by molar-refractivity contribution is -0.286. The highest BCUT2D eigenvalue weighted by atomic mass is 19.4. The molecule has 1 aromatic rings. The van der Waals surface area contributed by atoms with Gasteiger partial charge in [-0.05, 0) is 102 Å². The van der Waals surface area contributed by atoms with Gasteiger partial charge in [-0.15, -0.1) is 13.2 Å². The Labute approximate surface area is 261 Å². The van der Waals surface area contributed by atoms with Crippen molar-refractivity contribution in [2.24, 2.45) is 16.2 Å². The summed E-state index contributed by atoms with van der Waals surface area (Å²) in [6.45, 7) is 16.5. The molecule has 8 nitrogen and oxygen atoms in total. The van der Waals surface area contributed by atoms with E-state index in [-0.39, 0.29) is 41.1 Å². The van der Waals surface area contributed by atoms with Crippen LogP contribution in [0.4, 0.5) is 13.2 Å². The molecule has 0 aromatic heterocycles. The molecule has 2 fully saturated rings. The van der Waals surface area contributed by atoms with E-state index in [2.05, 4.69) is 43.1 Å². The molecule has 5 atom stereocenters. The maximum Gasteiger partial charge on any atom is 0.573 e. The fourth-order valence-corrected chi connectivity index (χ4v) is 6.98. The number of benzene rings is 1. The van der Waals surface area contributed by atoms with Crippen LogP contribution in [0.15, 0.2) is 24.3 Å². The predicted molar refractivity (Wildman–Crippen MR) is 162 cm³/mol. The first-order valence-electron chi connectivity index (χ1n) is 15.8. The average Bonchev–Trinajstić information content (AvgIpc) is 2.89. The number of hydrogen-bond acceptors (Lipinski definition) is 8. The van der Waals surface area contributed by atoms with Gasteiger partial charge in [0.25, 0.3) is 0 Å². The van der Waals surface area contributed by atoms with E-state index in [0.717, 1.165) is 38.8 Å². The number of alkyl halides is 3. The molecule has 2 aliphatic heterocycles. The van der Waals surface area contributed by atoms with Crippen LogP contribution in [0.1, 0.15) is 87.0 Å². The predicted octanol–water partition coefficient (Wildman–Crippen LogP) is 6.62. The molecule has 3 rings (SSSR count). The number of ether oxygens (including phenoxy) is 5. The molecule has 11 heteroatoms. The minimum atomic E-state index is -4.82. The fourth-order valence-electron chi connectivity index (χ4n) is 6.98. The first kappa shape index (κ1) is 36.4. The van der Waals surface area contributed by atoms with Crippen LogP contribution in [0.2, 0.25) is 0 Å². The van der Waals surface area contributed by atoms with Crippen molar-refractivity contribution in [1.29, 1.82) is 0 Å². The second-order valence-electron chi connectivity index (χ2n) is 14.3. The molecule has 0 aliphatic carbocycles. The summed E-state index contributed by atoms with van der Waals surface area (Å²) in [5.41, 5.74) is -1.61. The number of carbonyl (C=O) groups is 1. The maximum atomic E-state index is 13.2. The van der Waals surface area contributed by atoms with Crippen LogP contribution in [-0.4, -0.2) is 69.7 Å². The SMILES string of the molecule is CN[C@H]1C[C@@H](C)O[C@@H](OC2C(C)(C)CCCNCCCCOC(=O)C(C)(C)CC2(C)C)[C@@H]1Oc1cccc(OC(F)(F)F)c1. The minimum Gasteiger partial charge on any atom is -0.483 e. The summed E-state index contributed by atoms with van der Waals surface area (Å²) >= 11 is 0. The zero-order valence-corrected chi connectivity index (χ0v) is 27.6. The van der Waals surface area contributed by atoms with Crippen molar-refractivity contribution in [2.75, 3.05) is 26.7 Å². The summed E-state index contributed by atoms with van der Waals surface area (Å²) in [5, 5.41) is 6.79. The van der Waals surface area contributed by atoms with E-state index < -0.39 is 29.6 Å². The Hall–Kier alpha value is -2.08. The highest BCUT2D eigenvalue weighted by molar-refractivity contribution is 5.76. The Balaban J connectivity index is 1.96. The Bertz CT molecular complexity index is 1060. The average molecular weight is 631 g/mol. The lowest BCUT2D eigenvalue weighted by Gasteiger charge is -2.50. The van der Waals surface area contributed by atoms with Gasteiger partial charge in [-0.2, -0.15) is 0 Å². The van der Waals surface area contributed by atoms with Crippen molar-refractivity contribution < 1.29 is 41.7 Å². The van der Waals surface area contributed by atoms with Gasteiger partial charge in [0.05, 0.1) is 30.3 Å². The van der Waals surface area contributed by atoms with Gasteiger partial charge in [-0.25, -0.2) is 0 Å². The number of hydrogen-bond donors (Lipinski definition) is 2. The number of carbonyl (C=O) groups excluding carboxylic acids is 1. The second-order valence-corrected chi connectivity index (χ2v) is 14.3. The van der Waals surface area contributed by atoms with Crippen LogP contribution in [0, 0.1) is 16.2 Å². The lowest BCUT2D eigenvalue weighted by Crippen LogP contribution is -2.59. The standard InChI is InChI=1S/C33H53F3N2O6/c1-22-19-25(37-8)26(42-23-13-11-14-24(20-23)44-33(34,35)36)27(41-22)43-28-30(2,3)15-12-17-38-16-9-10-18-40-29(39)32(6,7)21-31(28,4)5/h11,13-14,20,22,25-28,37-38H,9-10,12,15-19,21H2,1-8H3/t22-,25+,26-,27+,28?/m1/s1. The molecule has 252 valence electrons. The molecule has 0 saturated carbocycles. The smallest absolute Gasteiger partial charge is 0.483 e. The van der Waals surface area contributed by atoms with Gasteiger partial charge in [0.15, 0.2) is 12.4 Å². The molecule has 1 aromatic carbocycles. The van der Waals surface area contributed by atoms with Gasteiger partial charge in [0.2, 0.25) is 0 Å². The molecule has 0 amide bonds. The van der Waals surface area contributed by atoms with Crippen molar-refractivity contribution in [3.05, 3.63) is 24.3 Å². The van der Waals surface area contributed by atoms with Gasteiger partial charge >= 0.3 is 12.3 Å². The van der Waals surface area contributed by atoms with Crippen LogP contribution in [-0.2, 0) is 19.0 Å². The molecule has 0 bridgehead atoms. The molecule has 2 saturated heterocycles. The number of nitrogens with one attached hydrogen (secondary N) is 2. The van der Waals surface area contributed by atoms with E-state index in [0.29, 0.717) is 19.4 Å². The third kappa shape index (κ3) is 10.5. The quantitative estimate of drug-likeness (QED) is 0.340. The molecular weight excluding hydrogens is 577 g/mol. The Morgan fingerprint density at radius 2 is 1.68 bits per heavy atom. The lowest BCUT2D eigenvalue weighted by atomic mass is 9.64. The molecule has 0 spiro atoms. The number of halogens is 3. The van der Waals surface area contributed by atoms with E-state index in [9.17, 15) is 18.0 Å². The Morgan fingerprint density at radius 3 is 2.36 bits per heavy atom. The molecule has 2 N–H and O–H groups in total. The first-order chi connectivity index (χ1) is 20.4. The van der Waals surface area contributed by atoms with Crippen LogP contribution < -0.4 is 20.1 Å². The van der Waals surface area contributed by atoms with E-state index in [1.54, 1.807) is 6.07 Å². The van der Waals surface area contributed by atoms with Gasteiger partial charge in [0.1, 0.15) is 11.5 Å². The van der Waals surface area contributed by atoms with E-state index in [4.69, 9.17) is 18.9 Å². The van der Waals surface area contributed by atoms with Crippen LogP contribution >= 0.6 is 0 Å². The molecule has 2 aliphatic rings. The van der Waals surface area contributed by atoms with Crippen molar-refractivity contribution in [1.82, 2.24) is 10.6 Å². The Morgan fingerprint density at radius 1 is 1.00 bits per heavy atom. The molecule has 1 unspecified atom stereocenters. The fraction of sp³-hybridized carbons (Fsp3) is 0.788. The summed E-state index contributed by atoms with van der Waals surface area (Å²) in [4.78, 5) is 13.2. The van der Waals surface area contributed by atoms with Crippen molar-refractivity contribution in [2.45, 2.75) is 124 Å². The van der Waals surface area contributed by atoms with E-state index >= 15 is 0 Å². The molecule has 0 radical (unpaired) electrons. The molecular formula is C33H53F3N2O6. The van der Waals surface area contributed by atoms with E-state index in [1.165, 1.54) is 18.2 Å². The van der Waals surface area contributed by atoms with Crippen molar-refractivity contribution in [3.8, 4) is 11.5 Å². The second kappa shape index (κ2) is 15.0. The summed E-state index contributed by atoms with van der Waals surface area (Å²) in [6.07, 6.45) is -2.23. The number of rotatable bonds is 6. The third-order valence-electron chi connectivity index (χ3n) is 8.59. The van der Waals surface area contributed by atoms with Crippen molar-refractivity contribution in [3.63, 3.8) is 0 Å². The van der Waals surface area contributed by atoms with Gasteiger partial charge in [-0.3, -0.25) is 4.79 Å². The van der Waals surface area contributed by atoms with E-state index in [1.807, 2.05) is 27.8 Å². The van der Waals surface area contributed by atoms with Crippen LogP contribution in [0.3, 0.4) is 0 Å². The van der Waals surface area contributed by atoms with Crippen molar-refractivity contribution >= 4 is 5.97 Å². The monoisotopic (exact) mass is 630 g/mol. The summed E-state index contributed by atoms with van der Waals surface area (Å²) < 4.78 is 68.3. The normalized spacial score (nSPS) is 30.3. The van der Waals surface area contributed by atoms with Gasteiger partial charge < -0.3 is 34.3 Å². The highest BCUT2D eigenvalue weighted by Gasteiger charge is 2.50. The van der Waals surface area contributed by atoms with Crippen LogP contribution in [0.25, 0.3) is 0 Å². The third-order valence-corrected chi connectivity index (χ3v) is 8.59. The largest absolute Gasteiger partial charge is 0.573 e. The number of esters is 1. The Kier molecular flexibility index (Phi) is 12.4. The minimum absolute atomic E-state index is 0.165. The first-order valence-corrected chi connectivity index (χ1v) is 15.8. The summed E-state index contributed by atoms with van der Waals surface area (Å²) in [5.74, 6) is -0.394.